The number of nitrogens with one attached hydrogen (secondary N) is 1. The molecule has 0 bridgehead atoms. The number of para-hydroxylation sites is 1. The number of hydrogen-bond acceptors (Lipinski definition) is 7. The number of nitrogens with zero attached hydrogens (tertiary/aromatic N) is 3. The maximum atomic E-state index is 13.1. The van der Waals surface area contributed by atoms with Gasteiger partial charge in [0.2, 0.25) is 18.6 Å². The van der Waals surface area contributed by atoms with Crippen molar-refractivity contribution in [2.75, 3.05) is 37.9 Å². The highest BCUT2D eigenvalue weighted by Gasteiger charge is 2.38. The summed E-state index contributed by atoms with van der Waals surface area (Å²) in [6.07, 6.45) is 2.96. The van der Waals surface area contributed by atoms with Crippen molar-refractivity contribution in [2.45, 2.75) is 37.6 Å². The van der Waals surface area contributed by atoms with Crippen molar-refractivity contribution in [2.24, 2.45) is 0 Å². The normalized spacial score (nSPS) is 21.5. The van der Waals surface area contributed by atoms with Gasteiger partial charge in [-0.1, -0.05) is 29.5 Å². The molecule has 8 nitrogen and oxygen atoms in total. The molecular formula is C26H28N4O4S. The van der Waals surface area contributed by atoms with Crippen LogP contribution in [-0.2, 0) is 16.0 Å². The van der Waals surface area contributed by atoms with E-state index in [1.54, 1.807) is 11.3 Å². The van der Waals surface area contributed by atoms with Gasteiger partial charge in [-0.2, -0.15) is 0 Å². The van der Waals surface area contributed by atoms with Gasteiger partial charge in [0, 0.05) is 44.6 Å². The van der Waals surface area contributed by atoms with Gasteiger partial charge in [0.15, 0.2) is 16.6 Å². The van der Waals surface area contributed by atoms with Gasteiger partial charge in [-0.3, -0.25) is 9.59 Å². The number of benzene rings is 2. The zero-order valence-electron chi connectivity index (χ0n) is 19.5. The molecule has 182 valence electrons. The molecule has 9 heteroatoms. The quantitative estimate of drug-likeness (QED) is 0.568. The maximum absolute atomic E-state index is 13.1. The highest BCUT2D eigenvalue weighted by atomic mass is 32.1. The Morgan fingerprint density at radius 1 is 1.09 bits per heavy atom. The average molecular weight is 493 g/mol. The van der Waals surface area contributed by atoms with E-state index in [-0.39, 0.29) is 18.6 Å². The first-order valence-electron chi connectivity index (χ1n) is 12.1. The molecule has 1 atom stereocenters. The fraction of sp³-hybridized carbons (Fsp3) is 0.423. The van der Waals surface area contributed by atoms with Crippen LogP contribution in [0.15, 0.2) is 42.5 Å². The van der Waals surface area contributed by atoms with E-state index in [4.69, 9.17) is 14.5 Å². The molecule has 4 heterocycles. The van der Waals surface area contributed by atoms with Crippen LogP contribution in [0.5, 0.6) is 11.5 Å². The maximum Gasteiger partial charge on any atom is 0.231 e. The molecule has 2 fully saturated rings. The Morgan fingerprint density at radius 2 is 1.91 bits per heavy atom. The van der Waals surface area contributed by atoms with Crippen LogP contribution < -0.4 is 19.7 Å². The second kappa shape index (κ2) is 9.03. The molecule has 0 aliphatic carbocycles. The third-order valence-corrected chi connectivity index (χ3v) is 8.31. The lowest BCUT2D eigenvalue weighted by Gasteiger charge is -2.36. The minimum Gasteiger partial charge on any atom is -0.454 e. The Kier molecular flexibility index (Phi) is 5.72. The molecule has 1 N–H and O–H groups in total. The summed E-state index contributed by atoms with van der Waals surface area (Å²) in [7, 11) is 0. The Labute approximate surface area is 207 Å². The number of ether oxygens (including phenoxy) is 2. The highest BCUT2D eigenvalue weighted by Crippen LogP contribution is 2.36. The van der Waals surface area contributed by atoms with Crippen LogP contribution in [0, 0.1) is 0 Å². The number of rotatable bonds is 6. The summed E-state index contributed by atoms with van der Waals surface area (Å²) >= 11 is 1.70. The molecule has 2 saturated heterocycles. The van der Waals surface area contributed by atoms with E-state index < -0.39 is 5.54 Å². The van der Waals surface area contributed by atoms with Crippen LogP contribution in [0.1, 0.15) is 31.2 Å². The summed E-state index contributed by atoms with van der Waals surface area (Å²) in [5, 5.41) is 4.21. The fourth-order valence-electron chi connectivity index (χ4n) is 5.27. The SMILES string of the molecule is O=C1CCC(CCC(=O)N2CCN(c3nc4ccccc4s3)CC2)(Cc2ccc3c(c2)OCO3)N1. The van der Waals surface area contributed by atoms with Gasteiger partial charge in [0.05, 0.1) is 10.2 Å². The van der Waals surface area contributed by atoms with Gasteiger partial charge in [0.25, 0.3) is 0 Å². The number of fused-ring (bicyclic) bond motifs is 2. The molecule has 3 aromatic rings. The molecule has 1 unspecified atom stereocenters. The van der Waals surface area contributed by atoms with Crippen LogP contribution in [0.4, 0.5) is 5.13 Å². The van der Waals surface area contributed by atoms with E-state index in [0.29, 0.717) is 38.8 Å². The zero-order chi connectivity index (χ0) is 23.8. The molecule has 2 amide bonds. The first-order valence-corrected chi connectivity index (χ1v) is 13.0. The molecule has 1 aromatic heterocycles. The Bertz CT molecular complexity index is 1240. The zero-order valence-corrected chi connectivity index (χ0v) is 20.3. The third-order valence-electron chi connectivity index (χ3n) is 7.22. The average Bonchev–Trinajstić information content (AvgIpc) is 3.61. The molecular weight excluding hydrogens is 464 g/mol. The molecule has 3 aliphatic rings. The number of aromatic nitrogens is 1. The molecule has 6 rings (SSSR count). The number of carbonyl (C=O) groups excluding carboxylic acids is 2. The van der Waals surface area contributed by atoms with E-state index in [2.05, 4.69) is 16.3 Å². The lowest BCUT2D eigenvalue weighted by atomic mass is 9.84. The molecule has 0 radical (unpaired) electrons. The third kappa shape index (κ3) is 4.52. The largest absolute Gasteiger partial charge is 0.454 e. The highest BCUT2D eigenvalue weighted by molar-refractivity contribution is 7.22. The van der Waals surface area contributed by atoms with Crippen LogP contribution in [0.3, 0.4) is 0 Å². The van der Waals surface area contributed by atoms with Crippen molar-refractivity contribution in [1.29, 1.82) is 0 Å². The van der Waals surface area contributed by atoms with E-state index in [1.807, 2.05) is 41.3 Å². The minimum absolute atomic E-state index is 0.0580. The minimum atomic E-state index is -0.400. The molecule has 2 aromatic carbocycles. The lowest BCUT2D eigenvalue weighted by Crippen LogP contribution is -2.50. The number of carbonyl (C=O) groups is 2. The van der Waals surface area contributed by atoms with Crippen molar-refractivity contribution in [1.82, 2.24) is 15.2 Å². The summed E-state index contributed by atoms with van der Waals surface area (Å²) in [5.74, 6) is 1.70. The summed E-state index contributed by atoms with van der Waals surface area (Å²) in [5.41, 5.74) is 1.70. The van der Waals surface area contributed by atoms with Crippen LogP contribution in [0.25, 0.3) is 10.2 Å². The monoisotopic (exact) mass is 492 g/mol. The number of amides is 2. The van der Waals surface area contributed by atoms with Gasteiger partial charge in [-0.25, -0.2) is 4.98 Å². The predicted molar refractivity (Wildman–Crippen MR) is 134 cm³/mol. The molecule has 0 saturated carbocycles. The smallest absolute Gasteiger partial charge is 0.231 e. The first-order chi connectivity index (χ1) is 17.1. The van der Waals surface area contributed by atoms with Crippen molar-refractivity contribution in [3.05, 3.63) is 48.0 Å². The first kappa shape index (κ1) is 22.2. The predicted octanol–water partition coefficient (Wildman–Crippen LogP) is 3.35. The van der Waals surface area contributed by atoms with Gasteiger partial charge in [-0.05, 0) is 49.1 Å². The molecule has 35 heavy (non-hydrogen) atoms. The van der Waals surface area contributed by atoms with Crippen molar-refractivity contribution >= 4 is 38.5 Å². The van der Waals surface area contributed by atoms with Crippen LogP contribution >= 0.6 is 11.3 Å². The Morgan fingerprint density at radius 3 is 2.71 bits per heavy atom. The van der Waals surface area contributed by atoms with Crippen LogP contribution in [-0.4, -0.2) is 60.2 Å². The number of hydrogen-bond donors (Lipinski definition) is 1. The van der Waals surface area contributed by atoms with Gasteiger partial charge in [-0.15, -0.1) is 0 Å². The summed E-state index contributed by atoms with van der Waals surface area (Å²) in [6.45, 7) is 3.18. The van der Waals surface area contributed by atoms with Crippen LogP contribution in [0.2, 0.25) is 0 Å². The topological polar surface area (TPSA) is 84.0 Å². The summed E-state index contributed by atoms with van der Waals surface area (Å²) in [4.78, 5) is 34.3. The molecule has 3 aliphatic heterocycles. The number of piperazine rings is 1. The van der Waals surface area contributed by atoms with E-state index in [9.17, 15) is 9.59 Å². The fourth-order valence-corrected chi connectivity index (χ4v) is 6.29. The summed E-state index contributed by atoms with van der Waals surface area (Å²) in [6, 6.07) is 14.1. The van der Waals surface area contributed by atoms with Crippen molar-refractivity contribution in [3.63, 3.8) is 0 Å². The van der Waals surface area contributed by atoms with E-state index in [1.165, 1.54) is 4.70 Å². The second-order valence-corrected chi connectivity index (χ2v) is 10.5. The Balaban J connectivity index is 1.07. The van der Waals surface area contributed by atoms with Crippen molar-refractivity contribution in [3.8, 4) is 11.5 Å². The number of thiazole rings is 1. The van der Waals surface area contributed by atoms with E-state index >= 15 is 0 Å². The standard InChI is InChI=1S/C26H28N4O4S/c31-23-7-9-26(28-23,16-18-5-6-20-21(15-18)34-17-33-20)10-8-24(32)29-11-13-30(14-12-29)25-27-19-3-1-2-4-22(19)35-25/h1-6,15H,7-14,16-17H2,(H,28,31). The van der Waals surface area contributed by atoms with E-state index in [0.717, 1.165) is 47.2 Å². The molecule has 0 spiro atoms. The number of anilines is 1. The lowest BCUT2D eigenvalue weighted by molar-refractivity contribution is -0.132. The van der Waals surface area contributed by atoms with Gasteiger partial charge >= 0.3 is 0 Å². The van der Waals surface area contributed by atoms with Gasteiger partial charge in [0.1, 0.15) is 0 Å². The Hall–Kier alpha value is -3.33. The second-order valence-electron chi connectivity index (χ2n) is 9.52. The van der Waals surface area contributed by atoms with Gasteiger partial charge < -0.3 is 24.6 Å². The van der Waals surface area contributed by atoms with Crippen molar-refractivity contribution < 1.29 is 19.1 Å². The summed E-state index contributed by atoms with van der Waals surface area (Å²) < 4.78 is 12.1.